The number of benzene rings is 2. The molecule has 0 bridgehead atoms. The van der Waals surface area contributed by atoms with Gasteiger partial charge >= 0.3 is 0 Å². The maximum absolute atomic E-state index is 11.6. The second kappa shape index (κ2) is 7.44. The van der Waals surface area contributed by atoms with E-state index in [-0.39, 0.29) is 10.9 Å². The van der Waals surface area contributed by atoms with E-state index in [0.29, 0.717) is 18.0 Å². The van der Waals surface area contributed by atoms with E-state index in [2.05, 4.69) is 55.4 Å². The van der Waals surface area contributed by atoms with Crippen molar-refractivity contribution in [1.29, 1.82) is 0 Å². The molecule has 0 unspecified atom stereocenters. The summed E-state index contributed by atoms with van der Waals surface area (Å²) < 4.78 is 37.0. The van der Waals surface area contributed by atoms with Crippen LogP contribution in [0.1, 0.15) is 30.5 Å². The predicted molar refractivity (Wildman–Crippen MR) is 106 cm³/mol. The van der Waals surface area contributed by atoms with E-state index in [0.717, 1.165) is 12.2 Å². The van der Waals surface area contributed by atoms with Gasteiger partial charge in [0.1, 0.15) is 34.9 Å². The maximum atomic E-state index is 11.6. The van der Waals surface area contributed by atoms with Gasteiger partial charge in [0.25, 0.3) is 0 Å². The van der Waals surface area contributed by atoms with Crippen molar-refractivity contribution < 1.29 is 17.5 Å². The lowest BCUT2D eigenvalue weighted by molar-refractivity contribution is -0.574. The Kier molecular flexibility index (Phi) is 5.40. The van der Waals surface area contributed by atoms with Gasteiger partial charge < -0.3 is 4.55 Å². The van der Waals surface area contributed by atoms with Crippen molar-refractivity contribution in [3.05, 3.63) is 59.2 Å². The smallest absolute Gasteiger partial charge is 0.240 e. The van der Waals surface area contributed by atoms with E-state index >= 15 is 0 Å². The van der Waals surface area contributed by atoms with Crippen LogP contribution in [0.4, 0.5) is 5.69 Å². The molecule has 0 fully saturated rings. The van der Waals surface area contributed by atoms with Gasteiger partial charge in [0.2, 0.25) is 6.34 Å². The van der Waals surface area contributed by atoms with Gasteiger partial charge in [-0.2, -0.15) is 0 Å². The third-order valence-corrected chi connectivity index (χ3v) is 5.94. The van der Waals surface area contributed by atoms with Gasteiger partial charge in [0, 0.05) is 5.56 Å². The van der Waals surface area contributed by atoms with Crippen LogP contribution in [0.2, 0.25) is 0 Å². The van der Waals surface area contributed by atoms with E-state index in [1.165, 1.54) is 17.2 Å². The van der Waals surface area contributed by atoms with Crippen LogP contribution in [-0.4, -0.2) is 36.5 Å². The Bertz CT molecular complexity index is 960. The molecule has 0 saturated heterocycles. The summed E-state index contributed by atoms with van der Waals surface area (Å²) in [7, 11) is -4.49. The molecule has 3 rings (SSSR count). The fraction of sp³-hybridized carbons (Fsp3) is 0.381. The molecule has 144 valence electrons. The lowest BCUT2D eigenvalue weighted by Crippen LogP contribution is -2.31. The Balaban J connectivity index is 1.97. The van der Waals surface area contributed by atoms with E-state index < -0.39 is 10.1 Å². The Morgan fingerprint density at radius 2 is 1.78 bits per heavy atom. The van der Waals surface area contributed by atoms with Gasteiger partial charge in [0.05, 0.1) is 4.90 Å². The topological polar surface area (TPSA) is 63.5 Å². The first kappa shape index (κ1) is 19.6. The number of hydrogen-bond acceptors (Lipinski definition) is 4. The molecule has 0 saturated carbocycles. The molecule has 1 atom stereocenters. The second-order valence-electron chi connectivity index (χ2n) is 7.66. The van der Waals surface area contributed by atoms with E-state index in [9.17, 15) is 13.0 Å². The molecule has 27 heavy (non-hydrogen) atoms. The summed E-state index contributed by atoms with van der Waals surface area (Å²) in [5, 5.41) is 0. The molecule has 1 heterocycles. The van der Waals surface area contributed by atoms with Gasteiger partial charge in [-0.1, -0.05) is 38.1 Å². The van der Waals surface area contributed by atoms with Gasteiger partial charge in [-0.15, -0.1) is 0 Å². The third kappa shape index (κ3) is 4.39. The fourth-order valence-electron chi connectivity index (χ4n) is 3.73. The van der Waals surface area contributed by atoms with Crippen molar-refractivity contribution in [1.82, 2.24) is 0 Å². The average Bonchev–Trinajstić information content (AvgIpc) is 2.97. The zero-order valence-electron chi connectivity index (χ0n) is 16.2. The van der Waals surface area contributed by atoms with Crippen LogP contribution in [-0.2, 0) is 16.7 Å². The second-order valence-corrected chi connectivity index (χ2v) is 9.01. The third-order valence-electron chi connectivity index (χ3n) is 5.00. The molecule has 1 aliphatic heterocycles. The minimum atomic E-state index is -4.49. The highest BCUT2D eigenvalue weighted by Gasteiger charge is 2.34. The Labute approximate surface area is 161 Å². The fourth-order valence-corrected chi connectivity index (χ4v) is 4.43. The monoisotopic (exact) mass is 386 g/mol. The van der Waals surface area contributed by atoms with Crippen LogP contribution in [0.3, 0.4) is 0 Å². The van der Waals surface area contributed by atoms with Crippen molar-refractivity contribution in [3.8, 4) is 0 Å². The van der Waals surface area contributed by atoms with Gasteiger partial charge in [-0.3, -0.25) is 4.58 Å². The van der Waals surface area contributed by atoms with E-state index in [1.54, 1.807) is 18.2 Å². The first-order chi connectivity index (χ1) is 12.6. The summed E-state index contributed by atoms with van der Waals surface area (Å²) in [6.45, 7) is 9.70. The molecular formula is C21H26N2O3S. The minimum absolute atomic E-state index is 0.134. The average molecular weight is 387 g/mol. The lowest BCUT2D eigenvalue weighted by atomic mass is 10.0. The standard InChI is InChI=1S/C21H26N2O3S/c1-15(2)20-13-22(19-10-16(3)9-17(4)11-19)14-23(20)12-18-7-5-6-8-21(18)27(24,25)26/h5-11,14-15,20H,12-13H2,1-4H3/t20-/m1/s1. The predicted octanol–water partition coefficient (Wildman–Crippen LogP) is 3.29. The largest absolute Gasteiger partial charge is 0.744 e. The van der Waals surface area contributed by atoms with Crippen molar-refractivity contribution in [2.45, 2.75) is 45.2 Å². The van der Waals surface area contributed by atoms with E-state index in [1.807, 2.05) is 6.34 Å². The van der Waals surface area contributed by atoms with Crippen molar-refractivity contribution >= 4 is 22.1 Å². The minimum Gasteiger partial charge on any atom is -0.744 e. The molecule has 5 nitrogen and oxygen atoms in total. The van der Waals surface area contributed by atoms with Gasteiger partial charge in [-0.05, 0) is 49.1 Å². The zero-order chi connectivity index (χ0) is 19.8. The number of nitrogens with zero attached hydrogens (tertiary/aromatic N) is 2. The van der Waals surface area contributed by atoms with Crippen LogP contribution < -0.4 is 4.90 Å². The number of aryl methyl sites for hydroxylation is 2. The molecule has 0 radical (unpaired) electrons. The van der Waals surface area contributed by atoms with E-state index in [4.69, 9.17) is 0 Å². The number of anilines is 1. The molecular weight excluding hydrogens is 360 g/mol. The summed E-state index contributed by atoms with van der Waals surface area (Å²) >= 11 is 0. The van der Waals surface area contributed by atoms with Crippen LogP contribution in [0.5, 0.6) is 0 Å². The van der Waals surface area contributed by atoms with Crippen LogP contribution in [0, 0.1) is 19.8 Å². The zero-order valence-corrected chi connectivity index (χ0v) is 17.0. The highest BCUT2D eigenvalue weighted by molar-refractivity contribution is 7.85. The first-order valence-corrected chi connectivity index (χ1v) is 10.6. The highest BCUT2D eigenvalue weighted by atomic mass is 32.2. The molecule has 0 amide bonds. The molecule has 0 aromatic heterocycles. The SMILES string of the molecule is Cc1cc(C)cc(N2C=[N+](Cc3ccccc3S(=O)(=O)[O-])[C@@H](C(C)C)C2)c1. The van der Waals surface area contributed by atoms with Crippen molar-refractivity contribution in [2.75, 3.05) is 11.4 Å². The molecule has 0 spiro atoms. The molecule has 2 aromatic carbocycles. The van der Waals surface area contributed by atoms with Gasteiger partial charge in [-0.25, -0.2) is 13.3 Å². The van der Waals surface area contributed by atoms with Crippen LogP contribution >= 0.6 is 0 Å². The van der Waals surface area contributed by atoms with Crippen LogP contribution in [0.15, 0.2) is 47.4 Å². The summed E-state index contributed by atoms with van der Waals surface area (Å²) in [4.78, 5) is 2.07. The molecule has 1 aliphatic rings. The summed E-state index contributed by atoms with van der Waals surface area (Å²) in [6, 6.07) is 13.1. The summed E-state index contributed by atoms with van der Waals surface area (Å²) in [5.41, 5.74) is 4.09. The van der Waals surface area contributed by atoms with Crippen molar-refractivity contribution in [2.24, 2.45) is 5.92 Å². The Hall–Kier alpha value is -2.18. The van der Waals surface area contributed by atoms with Crippen molar-refractivity contribution in [3.63, 3.8) is 0 Å². The molecule has 2 aromatic rings. The molecule has 0 aliphatic carbocycles. The Morgan fingerprint density at radius 1 is 1.15 bits per heavy atom. The maximum Gasteiger partial charge on any atom is 0.240 e. The molecule has 6 heteroatoms. The molecule has 0 N–H and O–H groups in total. The highest BCUT2D eigenvalue weighted by Crippen LogP contribution is 2.25. The Morgan fingerprint density at radius 3 is 2.37 bits per heavy atom. The first-order valence-electron chi connectivity index (χ1n) is 9.14. The lowest BCUT2D eigenvalue weighted by Gasteiger charge is -2.18. The summed E-state index contributed by atoms with van der Waals surface area (Å²) in [6.07, 6.45) is 2.05. The van der Waals surface area contributed by atoms with Crippen LogP contribution in [0.25, 0.3) is 0 Å². The number of hydrogen-bond donors (Lipinski definition) is 0. The normalized spacial score (nSPS) is 17.5. The van der Waals surface area contributed by atoms with Gasteiger partial charge in [0.15, 0.2) is 0 Å². The number of rotatable bonds is 5. The summed E-state index contributed by atoms with van der Waals surface area (Å²) in [5.74, 6) is 0.383. The quantitative estimate of drug-likeness (QED) is 0.584.